The van der Waals surface area contributed by atoms with Gasteiger partial charge in [0.15, 0.2) is 0 Å². The highest BCUT2D eigenvalue weighted by Gasteiger charge is 2.32. The van der Waals surface area contributed by atoms with Crippen molar-refractivity contribution in [2.24, 2.45) is 5.92 Å². The molecule has 3 aromatic carbocycles. The van der Waals surface area contributed by atoms with Gasteiger partial charge in [0.05, 0.1) is 11.7 Å². The van der Waals surface area contributed by atoms with E-state index in [0.29, 0.717) is 5.92 Å². The summed E-state index contributed by atoms with van der Waals surface area (Å²) in [5.41, 5.74) is 7.22. The predicted octanol–water partition coefficient (Wildman–Crippen LogP) is 6.59. The lowest BCUT2D eigenvalue weighted by atomic mass is 9.86. The number of nitrogens with one attached hydrogen (secondary N) is 1. The average Bonchev–Trinajstić information content (AvgIpc) is 3.43. The van der Waals surface area contributed by atoms with Gasteiger partial charge in [0.2, 0.25) is 0 Å². The van der Waals surface area contributed by atoms with Gasteiger partial charge in [-0.15, -0.1) is 0 Å². The van der Waals surface area contributed by atoms with Crippen molar-refractivity contribution in [2.45, 2.75) is 12.8 Å². The lowest BCUT2D eigenvalue weighted by Crippen LogP contribution is -1.98. The Labute approximate surface area is 163 Å². The number of benzene rings is 3. The van der Waals surface area contributed by atoms with Crippen molar-refractivity contribution >= 4 is 33.7 Å². The summed E-state index contributed by atoms with van der Waals surface area (Å²) in [6.45, 7) is 0. The van der Waals surface area contributed by atoms with Crippen LogP contribution in [0.3, 0.4) is 0 Å². The van der Waals surface area contributed by atoms with Crippen molar-refractivity contribution in [1.29, 1.82) is 0 Å². The van der Waals surface area contributed by atoms with Crippen LogP contribution in [0.1, 0.15) is 29.5 Å². The molecule has 1 aliphatic carbocycles. The van der Waals surface area contributed by atoms with Crippen molar-refractivity contribution in [3.05, 3.63) is 101 Å². The number of allylic oxidation sites excluding steroid dienone is 1. The zero-order chi connectivity index (χ0) is 18.2. The molecule has 27 heavy (non-hydrogen) atoms. The van der Waals surface area contributed by atoms with Crippen LogP contribution in [0.15, 0.2) is 79.0 Å². The molecule has 132 valence electrons. The molecular weight excluding hydrogens is 352 g/mol. The van der Waals surface area contributed by atoms with E-state index in [1.54, 1.807) is 0 Å². The first-order chi connectivity index (χ1) is 13.3. The molecule has 0 bridgehead atoms. The highest BCUT2D eigenvalue weighted by atomic mass is 35.5. The van der Waals surface area contributed by atoms with Crippen LogP contribution in [0, 0.1) is 5.92 Å². The molecule has 2 nitrogen and oxygen atoms in total. The Balaban J connectivity index is 1.89. The number of fused-ring (bicyclic) bond motifs is 1. The van der Waals surface area contributed by atoms with E-state index in [4.69, 9.17) is 11.6 Å². The van der Waals surface area contributed by atoms with E-state index in [0.717, 1.165) is 21.5 Å². The van der Waals surface area contributed by atoms with Crippen molar-refractivity contribution in [2.75, 3.05) is 0 Å². The van der Waals surface area contributed by atoms with Crippen LogP contribution >= 0.6 is 11.6 Å². The molecule has 1 heterocycles. The van der Waals surface area contributed by atoms with Gasteiger partial charge in [-0.3, -0.25) is 5.10 Å². The second-order valence-electron chi connectivity index (χ2n) is 7.05. The van der Waals surface area contributed by atoms with Gasteiger partial charge >= 0.3 is 0 Å². The average molecular weight is 371 g/mol. The predicted molar refractivity (Wildman–Crippen MR) is 113 cm³/mol. The number of hydrogen-bond donors (Lipinski definition) is 1. The van der Waals surface area contributed by atoms with Crippen molar-refractivity contribution < 1.29 is 0 Å². The summed E-state index contributed by atoms with van der Waals surface area (Å²) in [4.78, 5) is 0. The molecule has 4 aromatic rings. The largest absolute Gasteiger partial charge is 0.278 e. The summed E-state index contributed by atoms with van der Waals surface area (Å²) < 4.78 is 0. The summed E-state index contributed by atoms with van der Waals surface area (Å²) in [5.74, 6) is 0.544. The van der Waals surface area contributed by atoms with Crippen LogP contribution in [0.2, 0.25) is 5.02 Å². The lowest BCUT2D eigenvalue weighted by molar-refractivity contribution is 1.12. The zero-order valence-electron chi connectivity index (χ0n) is 14.8. The SMILES string of the molecule is Clc1ccccc1/C(=C(\c1ccccc1)c1cccc2[nH]ncc12)C1CC1. The van der Waals surface area contributed by atoms with Gasteiger partial charge in [0.1, 0.15) is 0 Å². The van der Waals surface area contributed by atoms with Crippen LogP contribution in [0.4, 0.5) is 0 Å². The fourth-order valence-electron chi connectivity index (χ4n) is 3.86. The minimum atomic E-state index is 0.544. The Kier molecular flexibility index (Phi) is 4.06. The maximum atomic E-state index is 6.65. The molecule has 3 heteroatoms. The lowest BCUT2D eigenvalue weighted by Gasteiger charge is -2.18. The summed E-state index contributed by atoms with van der Waals surface area (Å²) in [7, 11) is 0. The molecule has 0 spiro atoms. The standard InChI is InChI=1S/C24H19ClN2/c25-21-11-5-4-9-19(21)24(17-13-14-17)23(16-7-2-1-3-8-16)18-10-6-12-22-20(18)15-26-27-22/h1-12,15,17H,13-14H2,(H,26,27)/b24-23+. The normalized spacial score (nSPS) is 15.0. The zero-order valence-corrected chi connectivity index (χ0v) is 15.6. The number of halogens is 1. The molecule has 0 amide bonds. The second-order valence-corrected chi connectivity index (χ2v) is 7.45. The monoisotopic (exact) mass is 370 g/mol. The second kappa shape index (κ2) is 6.71. The Morgan fingerprint density at radius 1 is 0.852 bits per heavy atom. The highest BCUT2D eigenvalue weighted by molar-refractivity contribution is 6.33. The van der Waals surface area contributed by atoms with Crippen LogP contribution in [0.25, 0.3) is 22.0 Å². The molecule has 0 aliphatic heterocycles. The van der Waals surface area contributed by atoms with Crippen molar-refractivity contribution in [3.63, 3.8) is 0 Å². The Morgan fingerprint density at radius 3 is 2.37 bits per heavy atom. The van der Waals surface area contributed by atoms with E-state index < -0.39 is 0 Å². The fraction of sp³-hybridized carbons (Fsp3) is 0.125. The first-order valence-corrected chi connectivity index (χ1v) is 9.67. The van der Waals surface area contributed by atoms with E-state index in [-0.39, 0.29) is 0 Å². The molecule has 0 unspecified atom stereocenters. The number of aromatic nitrogens is 2. The molecule has 1 saturated carbocycles. The molecule has 0 saturated heterocycles. The number of hydrogen-bond acceptors (Lipinski definition) is 1. The first kappa shape index (κ1) is 16.3. The molecular formula is C24H19ClN2. The molecule has 0 radical (unpaired) electrons. The number of rotatable bonds is 4. The van der Waals surface area contributed by atoms with E-state index in [9.17, 15) is 0 Å². The van der Waals surface area contributed by atoms with Gasteiger partial charge in [0.25, 0.3) is 0 Å². The summed E-state index contributed by atoms with van der Waals surface area (Å²) in [5, 5.41) is 9.33. The van der Waals surface area contributed by atoms with Gasteiger partial charge in [-0.2, -0.15) is 5.10 Å². The van der Waals surface area contributed by atoms with E-state index in [2.05, 4.69) is 70.9 Å². The maximum Gasteiger partial charge on any atom is 0.0656 e. The van der Waals surface area contributed by atoms with Crippen LogP contribution in [-0.2, 0) is 0 Å². The Bertz CT molecular complexity index is 1140. The van der Waals surface area contributed by atoms with Gasteiger partial charge in [-0.25, -0.2) is 0 Å². The summed E-state index contributed by atoms with van der Waals surface area (Å²) in [6, 6.07) is 25.2. The molecule has 1 aliphatic rings. The number of H-pyrrole nitrogens is 1. The van der Waals surface area contributed by atoms with Crippen molar-refractivity contribution in [3.8, 4) is 0 Å². The minimum absolute atomic E-state index is 0.544. The van der Waals surface area contributed by atoms with E-state index in [1.165, 1.54) is 35.1 Å². The van der Waals surface area contributed by atoms with Crippen LogP contribution in [-0.4, -0.2) is 10.2 Å². The Hall–Kier alpha value is -2.84. The molecule has 1 N–H and O–H groups in total. The molecule has 5 rings (SSSR count). The summed E-state index contributed by atoms with van der Waals surface area (Å²) in [6.07, 6.45) is 4.33. The Morgan fingerprint density at radius 2 is 1.59 bits per heavy atom. The first-order valence-electron chi connectivity index (χ1n) is 9.30. The van der Waals surface area contributed by atoms with E-state index in [1.807, 2.05) is 18.3 Å². The topological polar surface area (TPSA) is 28.7 Å². The van der Waals surface area contributed by atoms with Gasteiger partial charge in [0, 0.05) is 10.4 Å². The molecule has 1 aromatic heterocycles. The molecule has 0 atom stereocenters. The third-order valence-corrected chi connectivity index (χ3v) is 5.57. The van der Waals surface area contributed by atoms with Gasteiger partial charge in [-0.1, -0.05) is 72.3 Å². The third kappa shape index (κ3) is 2.96. The summed E-state index contributed by atoms with van der Waals surface area (Å²) >= 11 is 6.65. The van der Waals surface area contributed by atoms with Gasteiger partial charge in [-0.05, 0) is 58.7 Å². The fourth-order valence-corrected chi connectivity index (χ4v) is 4.09. The van der Waals surface area contributed by atoms with Gasteiger partial charge < -0.3 is 0 Å². The molecule has 1 fully saturated rings. The maximum absolute atomic E-state index is 6.65. The third-order valence-electron chi connectivity index (χ3n) is 5.24. The van der Waals surface area contributed by atoms with Crippen LogP contribution < -0.4 is 0 Å². The minimum Gasteiger partial charge on any atom is -0.278 e. The smallest absolute Gasteiger partial charge is 0.0656 e. The van der Waals surface area contributed by atoms with E-state index >= 15 is 0 Å². The number of nitrogens with zero attached hydrogens (tertiary/aromatic N) is 1. The highest BCUT2D eigenvalue weighted by Crippen LogP contribution is 2.49. The van der Waals surface area contributed by atoms with Crippen molar-refractivity contribution in [1.82, 2.24) is 10.2 Å². The number of aromatic amines is 1. The van der Waals surface area contributed by atoms with Crippen LogP contribution in [0.5, 0.6) is 0 Å². The quantitative estimate of drug-likeness (QED) is 0.403.